The molecule has 4 aliphatic rings. The van der Waals surface area contributed by atoms with Crippen molar-refractivity contribution >= 4 is 33.6 Å². The molecule has 2 heterocycles. The maximum Gasteiger partial charge on any atom is 0.417 e. The second-order valence-electron chi connectivity index (χ2n) is 20.1. The number of methoxy groups -OCH3 is 1. The third kappa shape index (κ3) is 9.08. The quantitative estimate of drug-likeness (QED) is 0.137. The summed E-state index contributed by atoms with van der Waals surface area (Å²) in [5.74, 6) is -1.89. The Morgan fingerprint density at radius 3 is 1.51 bits per heavy atom. The van der Waals surface area contributed by atoms with E-state index in [1.54, 1.807) is 46.0 Å². The van der Waals surface area contributed by atoms with Crippen LogP contribution in [0.2, 0.25) is 0 Å². The Morgan fingerprint density at radius 2 is 1.10 bits per heavy atom. The zero-order chi connectivity index (χ0) is 50.7. The number of hydrogen-bond acceptors (Lipinski definition) is 6. The minimum absolute atomic E-state index is 0.110. The number of nitrogens with one attached hydrogen (secondary N) is 2. The summed E-state index contributed by atoms with van der Waals surface area (Å²) in [6, 6.07) is 20.2. The Labute approximate surface area is 405 Å². The maximum atomic E-state index is 14.2. The van der Waals surface area contributed by atoms with Gasteiger partial charge in [0.2, 0.25) is 11.8 Å². The molecule has 4 aromatic carbocycles. The van der Waals surface area contributed by atoms with Gasteiger partial charge in [0.25, 0.3) is 0 Å². The number of carbonyl (C=O) groups excluding carboxylic acids is 2. The van der Waals surface area contributed by atoms with Crippen molar-refractivity contribution < 1.29 is 54.6 Å². The molecule has 378 valence electrons. The Kier molecular flexibility index (Phi) is 13.1. The van der Waals surface area contributed by atoms with Crippen molar-refractivity contribution in [1.29, 1.82) is 0 Å². The summed E-state index contributed by atoms with van der Waals surface area (Å²) in [6.45, 7) is 3.31. The molecule has 2 amide bonds. The molecular weight excluding hydrogens is 937 g/mol. The summed E-state index contributed by atoms with van der Waals surface area (Å²) < 4.78 is 119. The van der Waals surface area contributed by atoms with E-state index in [4.69, 9.17) is 4.74 Å². The molecule has 2 fully saturated rings. The van der Waals surface area contributed by atoms with Gasteiger partial charge in [-0.1, -0.05) is 0 Å². The Hall–Kier alpha value is -5.88. The van der Waals surface area contributed by atoms with Crippen molar-refractivity contribution in [3.05, 3.63) is 119 Å². The minimum atomic E-state index is -4.71. The van der Waals surface area contributed by atoms with E-state index in [2.05, 4.69) is 26.9 Å². The smallest absolute Gasteiger partial charge is 0.380 e. The number of aromatic nitrogens is 4. The first kappa shape index (κ1) is 50.1. The van der Waals surface area contributed by atoms with Gasteiger partial charge in [0.15, 0.2) is 11.2 Å². The van der Waals surface area contributed by atoms with Crippen LogP contribution < -0.4 is 10.6 Å². The van der Waals surface area contributed by atoms with Crippen molar-refractivity contribution in [3.8, 4) is 11.4 Å². The third-order valence-electron chi connectivity index (χ3n) is 16.2. The molecule has 3 N–H and O–H groups in total. The first-order chi connectivity index (χ1) is 33.6. The number of alkyl halides is 6. The van der Waals surface area contributed by atoms with Gasteiger partial charge in [0, 0.05) is 55.6 Å². The van der Waals surface area contributed by atoms with E-state index in [0.29, 0.717) is 37.8 Å². The van der Waals surface area contributed by atoms with Crippen LogP contribution in [0.1, 0.15) is 100 Å². The predicted octanol–water partition coefficient (Wildman–Crippen LogP) is 10.6. The van der Waals surface area contributed by atoms with Crippen molar-refractivity contribution in [3.63, 3.8) is 0 Å². The molecule has 0 aliphatic heterocycles. The monoisotopic (exact) mass is 992 g/mol. The van der Waals surface area contributed by atoms with Crippen LogP contribution in [-0.4, -0.2) is 80.2 Å². The largest absolute Gasteiger partial charge is 0.417 e. The standard InChI is InChI=1S/C27H29F4N3O2.C26H27F4N3O2/c1-17(35)32-16-25-10-11-26(36-2,27(29,30)31)14-20(25)5-3-4-18-13-24-19(12-23(18)25)15-33-34(24)22-8-6-21(28)7-9-22;1-16(34)31-15-24-9-10-25(35,26(28,29)30)13-19(24)4-2-3-17-12-23-18(11-22(17)24)14-32-33(23)21-7-5-20(27)6-8-21/h6-9,12-13,15,20H,3-5,10-11,14,16H2,1-2H3,(H,32,35);5-8,11-12,14,19,35H,2-4,9-10,13,15H2,1H3,(H,31,34)/t20-,25+,26-;19-,24+,25-/m11/s1. The summed E-state index contributed by atoms with van der Waals surface area (Å²) in [6.07, 6.45) is -2.61. The molecule has 4 aliphatic carbocycles. The van der Waals surface area contributed by atoms with Crippen molar-refractivity contribution in [2.24, 2.45) is 11.8 Å². The molecule has 10 nitrogen and oxygen atoms in total. The molecule has 0 spiro atoms. The van der Waals surface area contributed by atoms with E-state index >= 15 is 0 Å². The predicted molar refractivity (Wildman–Crippen MR) is 250 cm³/mol. The average Bonchev–Trinajstić information content (AvgIpc) is 3.85. The number of amides is 2. The van der Waals surface area contributed by atoms with Gasteiger partial charge in [-0.3, -0.25) is 9.59 Å². The summed E-state index contributed by atoms with van der Waals surface area (Å²) in [5, 5.41) is 27.0. The van der Waals surface area contributed by atoms with Crippen LogP contribution in [0, 0.1) is 23.5 Å². The second-order valence-corrected chi connectivity index (χ2v) is 20.1. The number of carbonyl (C=O) groups is 2. The van der Waals surface area contributed by atoms with Crippen LogP contribution in [0.25, 0.3) is 33.2 Å². The van der Waals surface area contributed by atoms with Gasteiger partial charge >= 0.3 is 12.4 Å². The number of rotatable bonds is 7. The fourth-order valence-corrected chi connectivity index (χ4v) is 12.4. The molecule has 0 saturated heterocycles. The van der Waals surface area contributed by atoms with Crippen LogP contribution in [0.4, 0.5) is 35.1 Å². The maximum absolute atomic E-state index is 14.2. The van der Waals surface area contributed by atoms with Crippen LogP contribution in [0.5, 0.6) is 0 Å². The average molecular weight is 993 g/mol. The highest BCUT2D eigenvalue weighted by molar-refractivity contribution is 5.84. The summed E-state index contributed by atoms with van der Waals surface area (Å²) in [5.41, 5.74) is 0.796. The fourth-order valence-electron chi connectivity index (χ4n) is 12.4. The number of aryl methyl sites for hydroxylation is 2. The Bertz CT molecular complexity index is 2950. The highest BCUT2D eigenvalue weighted by Gasteiger charge is 2.63. The van der Waals surface area contributed by atoms with Gasteiger partial charge in [-0.25, -0.2) is 18.1 Å². The Balaban J connectivity index is 0.000000176. The van der Waals surface area contributed by atoms with E-state index in [9.17, 15) is 49.8 Å². The lowest BCUT2D eigenvalue weighted by atomic mass is 9.57. The zero-order valence-corrected chi connectivity index (χ0v) is 39.6. The van der Waals surface area contributed by atoms with Crippen LogP contribution in [-0.2, 0) is 38.0 Å². The van der Waals surface area contributed by atoms with E-state index < -0.39 is 46.7 Å². The van der Waals surface area contributed by atoms with Crippen molar-refractivity contribution in [2.45, 2.75) is 125 Å². The number of aliphatic hydroxyl groups is 1. The molecule has 0 bridgehead atoms. The summed E-state index contributed by atoms with van der Waals surface area (Å²) >= 11 is 0. The van der Waals surface area contributed by atoms with Crippen LogP contribution >= 0.6 is 0 Å². The van der Waals surface area contributed by atoms with E-state index in [1.165, 1.54) is 38.1 Å². The van der Waals surface area contributed by atoms with Crippen molar-refractivity contribution in [2.75, 3.05) is 20.2 Å². The van der Waals surface area contributed by atoms with Crippen LogP contribution in [0.3, 0.4) is 0 Å². The molecule has 0 unspecified atom stereocenters. The zero-order valence-electron chi connectivity index (χ0n) is 39.6. The molecule has 2 saturated carbocycles. The number of ether oxygens (including phenoxy) is 1. The van der Waals surface area contributed by atoms with Gasteiger partial charge in [0.05, 0.1) is 34.8 Å². The number of halogens is 8. The van der Waals surface area contributed by atoms with E-state index in [1.807, 2.05) is 18.2 Å². The number of fused-ring (bicyclic) bond motifs is 8. The molecule has 71 heavy (non-hydrogen) atoms. The molecule has 2 aromatic heterocycles. The van der Waals surface area contributed by atoms with Gasteiger partial charge in [0.1, 0.15) is 11.6 Å². The lowest BCUT2D eigenvalue weighted by molar-refractivity contribution is -0.288. The number of benzene rings is 4. The molecular formula is C53H56F8N6O4. The SMILES string of the molecule is CC(=O)NC[C@@]12CC[C@](O)(C(F)(F)F)C[C@H]1CCCc1cc3c(cnn3-c3ccc(F)cc3)cc12.CO[C@]1(C(F)(F)F)CC[C@@]2(CNC(C)=O)c3cc4cnn(-c5ccc(F)cc5)c4cc3CCC[C@@H]2C1. The topological polar surface area (TPSA) is 123 Å². The summed E-state index contributed by atoms with van der Waals surface area (Å²) in [7, 11) is 1.15. The van der Waals surface area contributed by atoms with Gasteiger partial charge < -0.3 is 20.5 Å². The highest BCUT2D eigenvalue weighted by atomic mass is 19.4. The van der Waals surface area contributed by atoms with E-state index in [-0.39, 0.29) is 74.6 Å². The molecule has 0 radical (unpaired) electrons. The summed E-state index contributed by atoms with van der Waals surface area (Å²) in [4.78, 5) is 23.8. The fraction of sp³-hybridized carbons (Fsp3) is 0.472. The van der Waals surface area contributed by atoms with Crippen molar-refractivity contribution in [1.82, 2.24) is 30.2 Å². The van der Waals surface area contributed by atoms with Gasteiger partial charge in [-0.15, -0.1) is 0 Å². The number of hydrogen-bond donors (Lipinski definition) is 3. The first-order valence-corrected chi connectivity index (χ1v) is 24.0. The normalized spacial score (nSPS) is 26.4. The molecule has 6 aromatic rings. The van der Waals surface area contributed by atoms with Gasteiger partial charge in [-0.2, -0.15) is 36.5 Å². The lowest BCUT2D eigenvalue weighted by Crippen LogP contribution is -2.58. The molecule has 10 rings (SSSR count). The second kappa shape index (κ2) is 18.6. The molecule has 18 heteroatoms. The van der Waals surface area contributed by atoms with E-state index in [0.717, 1.165) is 63.3 Å². The Morgan fingerprint density at radius 1 is 0.662 bits per heavy atom. The lowest BCUT2D eigenvalue weighted by Gasteiger charge is -2.51. The molecule has 6 atom stereocenters. The minimum Gasteiger partial charge on any atom is -0.380 e. The van der Waals surface area contributed by atoms with Gasteiger partial charge in [-0.05, 0) is 184 Å². The third-order valence-corrected chi connectivity index (χ3v) is 16.2. The first-order valence-electron chi connectivity index (χ1n) is 24.0. The van der Waals surface area contributed by atoms with Crippen LogP contribution in [0.15, 0.2) is 85.2 Å². The highest BCUT2D eigenvalue weighted by Crippen LogP contribution is 2.58. The number of nitrogens with zero attached hydrogens (tertiary/aromatic N) is 4.